The Kier molecular flexibility index (Phi) is 4.13. The minimum atomic E-state index is -0.0322. The second-order valence-corrected chi connectivity index (χ2v) is 4.81. The van der Waals surface area contributed by atoms with E-state index in [9.17, 15) is 4.79 Å². The Morgan fingerprint density at radius 1 is 1.25 bits per heavy atom. The molecule has 2 aromatic rings. The fourth-order valence-corrected chi connectivity index (χ4v) is 2.19. The summed E-state index contributed by atoms with van der Waals surface area (Å²) in [6.45, 7) is 5.73. The van der Waals surface area contributed by atoms with Crippen LogP contribution < -0.4 is 4.74 Å². The van der Waals surface area contributed by atoms with Gasteiger partial charge in [0.25, 0.3) is 0 Å². The summed E-state index contributed by atoms with van der Waals surface area (Å²) in [7, 11) is 1.63. The van der Waals surface area contributed by atoms with E-state index in [-0.39, 0.29) is 12.2 Å². The number of carbonyl (C=O) groups is 1. The normalized spacial score (nSPS) is 10.4. The number of hydrogen-bond donors (Lipinski definition) is 0. The second kappa shape index (κ2) is 5.82. The van der Waals surface area contributed by atoms with E-state index in [1.165, 1.54) is 0 Å². The summed E-state index contributed by atoms with van der Waals surface area (Å²) >= 11 is 0. The molecule has 4 nitrogen and oxygen atoms in total. The Hall–Kier alpha value is -2.23. The highest BCUT2D eigenvalue weighted by atomic mass is 16.5. The third-order valence-electron chi connectivity index (χ3n) is 3.25. The smallest absolute Gasteiger partial charge is 0.187 e. The summed E-state index contributed by atoms with van der Waals surface area (Å²) < 4.78 is 5.36. The van der Waals surface area contributed by atoms with Crippen LogP contribution in [-0.2, 0) is 6.42 Å². The van der Waals surface area contributed by atoms with Crippen LogP contribution in [0.5, 0.6) is 5.75 Å². The van der Waals surface area contributed by atoms with Crippen molar-refractivity contribution in [1.82, 2.24) is 9.97 Å². The zero-order chi connectivity index (χ0) is 14.7. The number of nitrogens with zero attached hydrogens (tertiary/aromatic N) is 2. The lowest BCUT2D eigenvalue weighted by atomic mass is 10.0. The molecule has 2 rings (SSSR count). The van der Waals surface area contributed by atoms with Crippen molar-refractivity contribution in [2.75, 3.05) is 7.11 Å². The molecule has 0 bridgehead atoms. The molecule has 0 aliphatic heterocycles. The summed E-state index contributed by atoms with van der Waals surface area (Å²) in [5, 5.41) is 0. The fourth-order valence-electron chi connectivity index (χ4n) is 2.19. The van der Waals surface area contributed by atoms with Gasteiger partial charge in [-0.15, -0.1) is 0 Å². The molecular weight excluding hydrogens is 252 g/mol. The molecule has 0 spiro atoms. The van der Waals surface area contributed by atoms with E-state index >= 15 is 0 Å². The number of ether oxygens (including phenoxy) is 1. The maximum Gasteiger partial charge on any atom is 0.187 e. The average Bonchev–Trinajstić information content (AvgIpc) is 2.42. The molecule has 2 aromatic heterocycles. The highest BCUT2D eigenvalue weighted by molar-refractivity contribution is 5.95. The van der Waals surface area contributed by atoms with Gasteiger partial charge in [-0.3, -0.25) is 14.8 Å². The maximum absolute atomic E-state index is 12.3. The van der Waals surface area contributed by atoms with Crippen LogP contribution in [0.2, 0.25) is 0 Å². The minimum absolute atomic E-state index is 0.0322. The van der Waals surface area contributed by atoms with Crippen LogP contribution in [-0.4, -0.2) is 22.9 Å². The van der Waals surface area contributed by atoms with Crippen molar-refractivity contribution in [3.05, 3.63) is 52.6 Å². The molecule has 0 aromatic carbocycles. The number of aromatic nitrogens is 2. The van der Waals surface area contributed by atoms with Crippen molar-refractivity contribution in [2.45, 2.75) is 27.2 Å². The van der Waals surface area contributed by atoms with Gasteiger partial charge in [-0.2, -0.15) is 0 Å². The number of pyridine rings is 2. The number of Topliss-reactive ketones (excluding diaryl/α,β-unsaturated/α-hetero) is 1. The van der Waals surface area contributed by atoms with Crippen LogP contribution in [0.1, 0.15) is 33.0 Å². The monoisotopic (exact) mass is 270 g/mol. The molecule has 104 valence electrons. The minimum Gasteiger partial charge on any atom is -0.496 e. The largest absolute Gasteiger partial charge is 0.496 e. The van der Waals surface area contributed by atoms with Gasteiger partial charge < -0.3 is 4.74 Å². The van der Waals surface area contributed by atoms with Crippen LogP contribution in [0.15, 0.2) is 24.4 Å². The van der Waals surface area contributed by atoms with Gasteiger partial charge in [0.1, 0.15) is 11.4 Å². The van der Waals surface area contributed by atoms with E-state index in [0.717, 1.165) is 28.3 Å². The van der Waals surface area contributed by atoms with Crippen molar-refractivity contribution in [1.29, 1.82) is 0 Å². The molecule has 0 amide bonds. The molecule has 0 saturated heterocycles. The topological polar surface area (TPSA) is 52.1 Å². The lowest BCUT2D eigenvalue weighted by molar-refractivity contribution is 0.0986. The van der Waals surface area contributed by atoms with Crippen LogP contribution >= 0.6 is 0 Å². The van der Waals surface area contributed by atoms with Gasteiger partial charge in [0, 0.05) is 23.0 Å². The van der Waals surface area contributed by atoms with E-state index in [0.29, 0.717) is 5.69 Å². The highest BCUT2D eigenvalue weighted by Gasteiger charge is 2.15. The van der Waals surface area contributed by atoms with Gasteiger partial charge in [-0.25, -0.2) is 0 Å². The van der Waals surface area contributed by atoms with E-state index in [4.69, 9.17) is 4.74 Å². The zero-order valence-corrected chi connectivity index (χ0v) is 12.2. The molecule has 0 fully saturated rings. The number of aryl methyl sites for hydroxylation is 2. The Labute approximate surface area is 118 Å². The number of carbonyl (C=O) groups excluding carboxylic acids is 1. The Balaban J connectivity index is 2.29. The number of ketones is 1. The number of methoxy groups -OCH3 is 1. The Bertz CT molecular complexity index is 651. The first-order chi connectivity index (χ1) is 9.52. The predicted octanol–water partition coefficient (Wildman–Crippen LogP) is 2.84. The second-order valence-electron chi connectivity index (χ2n) is 4.81. The van der Waals surface area contributed by atoms with Gasteiger partial charge >= 0.3 is 0 Å². The van der Waals surface area contributed by atoms with E-state index < -0.39 is 0 Å². The SMILES string of the molecule is COc1c(C)cnc(CC(=O)c2cccc(C)n2)c1C. The average molecular weight is 270 g/mol. The summed E-state index contributed by atoms with van der Waals surface area (Å²) in [5.74, 6) is 0.759. The Morgan fingerprint density at radius 2 is 2.00 bits per heavy atom. The lowest BCUT2D eigenvalue weighted by Crippen LogP contribution is -2.10. The first-order valence-corrected chi connectivity index (χ1v) is 6.49. The van der Waals surface area contributed by atoms with Crippen molar-refractivity contribution in [3.8, 4) is 5.75 Å². The van der Waals surface area contributed by atoms with Gasteiger partial charge in [0.15, 0.2) is 5.78 Å². The van der Waals surface area contributed by atoms with Gasteiger partial charge in [-0.1, -0.05) is 6.07 Å². The quantitative estimate of drug-likeness (QED) is 0.802. The first-order valence-electron chi connectivity index (χ1n) is 6.49. The summed E-state index contributed by atoms with van der Waals surface area (Å²) in [6.07, 6.45) is 1.97. The summed E-state index contributed by atoms with van der Waals surface area (Å²) in [5.41, 5.74) is 3.93. The highest BCUT2D eigenvalue weighted by Crippen LogP contribution is 2.24. The molecule has 0 N–H and O–H groups in total. The molecule has 4 heteroatoms. The Morgan fingerprint density at radius 3 is 2.65 bits per heavy atom. The fraction of sp³-hybridized carbons (Fsp3) is 0.312. The van der Waals surface area contributed by atoms with Crippen molar-refractivity contribution >= 4 is 5.78 Å². The summed E-state index contributed by atoms with van der Waals surface area (Å²) in [4.78, 5) is 20.9. The van der Waals surface area contributed by atoms with Crippen LogP contribution in [0.3, 0.4) is 0 Å². The molecule has 0 aliphatic carbocycles. The molecule has 0 unspecified atom stereocenters. The van der Waals surface area contributed by atoms with Gasteiger partial charge in [0.05, 0.1) is 19.2 Å². The number of rotatable bonds is 4. The van der Waals surface area contributed by atoms with E-state index in [1.807, 2.05) is 32.9 Å². The molecule has 0 aliphatic rings. The standard InChI is InChI=1S/C16H18N2O2/c1-10-9-17-14(12(3)16(10)20-4)8-15(19)13-7-5-6-11(2)18-13/h5-7,9H,8H2,1-4H3. The molecular formula is C16H18N2O2. The number of hydrogen-bond acceptors (Lipinski definition) is 4. The van der Waals surface area contributed by atoms with Crippen LogP contribution in [0.4, 0.5) is 0 Å². The third-order valence-corrected chi connectivity index (χ3v) is 3.25. The van der Waals surface area contributed by atoms with Crippen molar-refractivity contribution < 1.29 is 9.53 Å². The molecule has 2 heterocycles. The third kappa shape index (κ3) is 2.85. The van der Waals surface area contributed by atoms with Crippen molar-refractivity contribution in [3.63, 3.8) is 0 Å². The molecule has 0 radical (unpaired) electrons. The first kappa shape index (κ1) is 14.2. The maximum atomic E-state index is 12.3. The van der Waals surface area contributed by atoms with Crippen LogP contribution in [0.25, 0.3) is 0 Å². The van der Waals surface area contributed by atoms with Crippen molar-refractivity contribution in [2.24, 2.45) is 0 Å². The van der Waals surface area contributed by atoms with E-state index in [1.54, 1.807) is 19.4 Å². The van der Waals surface area contributed by atoms with Crippen LogP contribution in [0, 0.1) is 20.8 Å². The zero-order valence-electron chi connectivity index (χ0n) is 12.2. The molecule has 0 atom stereocenters. The lowest BCUT2D eigenvalue weighted by Gasteiger charge is -2.11. The van der Waals surface area contributed by atoms with Gasteiger partial charge in [0.2, 0.25) is 0 Å². The van der Waals surface area contributed by atoms with E-state index in [2.05, 4.69) is 9.97 Å². The van der Waals surface area contributed by atoms with Gasteiger partial charge in [-0.05, 0) is 32.9 Å². The predicted molar refractivity (Wildman–Crippen MR) is 77.3 cm³/mol. The molecule has 20 heavy (non-hydrogen) atoms. The summed E-state index contributed by atoms with van der Waals surface area (Å²) in [6, 6.07) is 5.44. The molecule has 0 saturated carbocycles.